The predicted octanol–water partition coefficient (Wildman–Crippen LogP) is 1.38. The summed E-state index contributed by atoms with van der Waals surface area (Å²) >= 11 is 5.76. The molecule has 1 rings (SSSR count). The molecule has 0 aliphatic rings. The fraction of sp³-hybridized carbons (Fsp3) is 0.300. The summed E-state index contributed by atoms with van der Waals surface area (Å²) in [4.78, 5) is 13.2. The molecule has 0 aromatic carbocycles. The average molecular weight is 211 g/mol. The van der Waals surface area contributed by atoms with Crippen LogP contribution in [0.1, 0.15) is 10.5 Å². The molecule has 74 valence electrons. The normalized spacial score (nSPS) is 9.57. The summed E-state index contributed by atoms with van der Waals surface area (Å²) in [5.41, 5.74) is 0.535. The molecular formula is C10H11ClN2O. The molecule has 0 atom stereocenters. The van der Waals surface area contributed by atoms with Gasteiger partial charge in [0.25, 0.3) is 5.91 Å². The van der Waals surface area contributed by atoms with Crippen LogP contribution in [0, 0.1) is 12.3 Å². The average Bonchev–Trinajstić information content (AvgIpc) is 2.44. The third kappa shape index (κ3) is 2.09. The van der Waals surface area contributed by atoms with E-state index in [1.165, 1.54) is 4.90 Å². The van der Waals surface area contributed by atoms with E-state index in [4.69, 9.17) is 18.0 Å². The van der Waals surface area contributed by atoms with Crippen molar-refractivity contribution in [3.63, 3.8) is 0 Å². The Labute approximate surface area is 88.3 Å². The Kier molecular flexibility index (Phi) is 3.21. The van der Waals surface area contributed by atoms with Crippen molar-refractivity contribution in [3.05, 3.63) is 23.0 Å². The van der Waals surface area contributed by atoms with Crippen molar-refractivity contribution < 1.29 is 4.79 Å². The number of nitrogens with zero attached hydrogens (tertiary/aromatic N) is 2. The van der Waals surface area contributed by atoms with Gasteiger partial charge in [-0.15, -0.1) is 6.42 Å². The molecule has 0 aliphatic carbocycles. The number of aryl methyl sites for hydroxylation is 1. The lowest BCUT2D eigenvalue weighted by molar-refractivity contribution is 0.0803. The van der Waals surface area contributed by atoms with Crippen LogP contribution in [0.5, 0.6) is 0 Å². The number of carbonyl (C=O) groups excluding carboxylic acids is 1. The van der Waals surface area contributed by atoms with Gasteiger partial charge in [0.05, 0.1) is 11.6 Å². The molecule has 0 radical (unpaired) electrons. The van der Waals surface area contributed by atoms with Crippen molar-refractivity contribution in [2.75, 3.05) is 13.6 Å². The van der Waals surface area contributed by atoms with E-state index in [0.29, 0.717) is 17.3 Å². The van der Waals surface area contributed by atoms with Crippen molar-refractivity contribution in [3.8, 4) is 12.3 Å². The minimum absolute atomic E-state index is 0.127. The van der Waals surface area contributed by atoms with Crippen LogP contribution in [0.3, 0.4) is 0 Å². The summed E-state index contributed by atoms with van der Waals surface area (Å²) < 4.78 is 1.68. The number of terminal acetylenes is 1. The molecule has 0 saturated heterocycles. The van der Waals surface area contributed by atoms with Crippen LogP contribution in [-0.4, -0.2) is 29.0 Å². The first kappa shape index (κ1) is 10.7. The zero-order valence-corrected chi connectivity index (χ0v) is 8.88. The van der Waals surface area contributed by atoms with Crippen LogP contribution in [0.4, 0.5) is 0 Å². The smallest absolute Gasteiger partial charge is 0.271 e. The Balaban J connectivity index is 2.90. The third-order valence-electron chi connectivity index (χ3n) is 1.87. The summed E-state index contributed by atoms with van der Waals surface area (Å²) in [6, 6.07) is 1.62. The van der Waals surface area contributed by atoms with Crippen molar-refractivity contribution >= 4 is 17.5 Å². The number of hydrogen-bond acceptors (Lipinski definition) is 1. The number of halogens is 1. The largest absolute Gasteiger partial charge is 0.345 e. The van der Waals surface area contributed by atoms with Crippen LogP contribution in [0.2, 0.25) is 5.02 Å². The molecule has 1 amide bonds. The zero-order chi connectivity index (χ0) is 10.7. The Morgan fingerprint density at radius 3 is 2.86 bits per heavy atom. The molecule has 3 nitrogen and oxygen atoms in total. The standard InChI is InChI=1S/C10H11ClN2O/c1-4-5-12(2)10(14)9-6-8(11)7-13(9)3/h1,6-7H,5H2,2-3H3. The lowest BCUT2D eigenvalue weighted by Gasteiger charge is -2.13. The number of amides is 1. The highest BCUT2D eigenvalue weighted by Crippen LogP contribution is 2.13. The second-order valence-electron chi connectivity index (χ2n) is 3.02. The van der Waals surface area contributed by atoms with Gasteiger partial charge in [-0.05, 0) is 6.07 Å². The second-order valence-corrected chi connectivity index (χ2v) is 3.46. The van der Waals surface area contributed by atoms with Gasteiger partial charge in [0.15, 0.2) is 0 Å². The molecule has 1 aromatic heterocycles. The van der Waals surface area contributed by atoms with Crippen LogP contribution in [0.25, 0.3) is 0 Å². The Hall–Kier alpha value is -1.40. The minimum atomic E-state index is -0.127. The highest BCUT2D eigenvalue weighted by molar-refractivity contribution is 6.31. The molecule has 4 heteroatoms. The van der Waals surface area contributed by atoms with Crippen molar-refractivity contribution in [1.29, 1.82) is 0 Å². The molecular weight excluding hydrogens is 200 g/mol. The predicted molar refractivity (Wildman–Crippen MR) is 56.2 cm³/mol. The lowest BCUT2D eigenvalue weighted by atomic mass is 10.3. The minimum Gasteiger partial charge on any atom is -0.345 e. The highest BCUT2D eigenvalue weighted by atomic mass is 35.5. The van der Waals surface area contributed by atoms with Gasteiger partial charge in [-0.2, -0.15) is 0 Å². The van der Waals surface area contributed by atoms with E-state index in [1.807, 2.05) is 0 Å². The maximum atomic E-state index is 11.7. The summed E-state index contributed by atoms with van der Waals surface area (Å²) in [7, 11) is 3.42. The molecule has 0 unspecified atom stereocenters. The van der Waals surface area contributed by atoms with E-state index in [9.17, 15) is 4.79 Å². The lowest BCUT2D eigenvalue weighted by Crippen LogP contribution is -2.28. The van der Waals surface area contributed by atoms with Gasteiger partial charge in [0.2, 0.25) is 0 Å². The maximum absolute atomic E-state index is 11.7. The van der Waals surface area contributed by atoms with E-state index in [2.05, 4.69) is 5.92 Å². The molecule has 0 aliphatic heterocycles. The topological polar surface area (TPSA) is 25.2 Å². The number of carbonyl (C=O) groups is 1. The second kappa shape index (κ2) is 4.21. The van der Waals surface area contributed by atoms with Crippen LogP contribution < -0.4 is 0 Å². The first-order chi connectivity index (χ1) is 6.56. The van der Waals surface area contributed by atoms with E-state index < -0.39 is 0 Å². The van der Waals surface area contributed by atoms with E-state index in [-0.39, 0.29) is 5.91 Å². The van der Waals surface area contributed by atoms with Crippen LogP contribution in [0.15, 0.2) is 12.3 Å². The molecule has 0 spiro atoms. The van der Waals surface area contributed by atoms with Gasteiger partial charge in [-0.25, -0.2) is 0 Å². The quantitative estimate of drug-likeness (QED) is 0.678. The Morgan fingerprint density at radius 1 is 1.79 bits per heavy atom. The van der Waals surface area contributed by atoms with Gasteiger partial charge in [0, 0.05) is 20.3 Å². The van der Waals surface area contributed by atoms with Crippen molar-refractivity contribution in [1.82, 2.24) is 9.47 Å². The van der Waals surface area contributed by atoms with Crippen LogP contribution in [-0.2, 0) is 7.05 Å². The number of hydrogen-bond donors (Lipinski definition) is 0. The fourth-order valence-corrected chi connectivity index (χ4v) is 1.39. The molecule has 0 N–H and O–H groups in total. The van der Waals surface area contributed by atoms with Gasteiger partial charge in [-0.1, -0.05) is 17.5 Å². The van der Waals surface area contributed by atoms with Crippen LogP contribution >= 0.6 is 11.6 Å². The van der Waals surface area contributed by atoms with Crippen molar-refractivity contribution in [2.45, 2.75) is 0 Å². The van der Waals surface area contributed by atoms with Gasteiger partial charge in [0.1, 0.15) is 5.69 Å². The highest BCUT2D eigenvalue weighted by Gasteiger charge is 2.14. The molecule has 0 bridgehead atoms. The third-order valence-corrected chi connectivity index (χ3v) is 2.07. The summed E-state index contributed by atoms with van der Waals surface area (Å²) in [5, 5.41) is 0.546. The molecule has 1 heterocycles. The maximum Gasteiger partial charge on any atom is 0.271 e. The zero-order valence-electron chi connectivity index (χ0n) is 8.12. The van der Waals surface area contributed by atoms with Crippen molar-refractivity contribution in [2.24, 2.45) is 7.05 Å². The number of aromatic nitrogens is 1. The first-order valence-corrected chi connectivity index (χ1v) is 4.45. The first-order valence-electron chi connectivity index (χ1n) is 4.07. The van der Waals surface area contributed by atoms with Gasteiger partial charge >= 0.3 is 0 Å². The molecule has 0 saturated carbocycles. The Morgan fingerprint density at radius 2 is 2.43 bits per heavy atom. The molecule has 14 heavy (non-hydrogen) atoms. The van der Waals surface area contributed by atoms with Gasteiger partial charge < -0.3 is 9.47 Å². The van der Waals surface area contributed by atoms with E-state index >= 15 is 0 Å². The van der Waals surface area contributed by atoms with Gasteiger partial charge in [-0.3, -0.25) is 4.79 Å². The molecule has 0 fully saturated rings. The molecule has 1 aromatic rings. The monoisotopic (exact) mass is 210 g/mol. The summed E-state index contributed by atoms with van der Waals surface area (Å²) in [5.74, 6) is 2.28. The van der Waals surface area contributed by atoms with E-state index in [0.717, 1.165) is 0 Å². The Bertz CT molecular complexity index is 389. The summed E-state index contributed by atoms with van der Waals surface area (Å²) in [6.07, 6.45) is 6.79. The van der Waals surface area contributed by atoms with E-state index in [1.54, 1.807) is 30.9 Å². The number of rotatable bonds is 2. The summed E-state index contributed by atoms with van der Waals surface area (Å²) in [6.45, 7) is 0.293. The SMILES string of the molecule is C#CCN(C)C(=O)c1cc(Cl)cn1C. The fourth-order valence-electron chi connectivity index (χ4n) is 1.14.